The van der Waals surface area contributed by atoms with Crippen LogP contribution in [-0.2, 0) is 21.5 Å². The highest BCUT2D eigenvalue weighted by Crippen LogP contribution is 2.46. The van der Waals surface area contributed by atoms with Crippen LogP contribution in [0.15, 0.2) is 60.7 Å². The third kappa shape index (κ3) is 4.10. The van der Waals surface area contributed by atoms with E-state index in [1.165, 1.54) is 36.9 Å². The molecule has 2 fully saturated rings. The van der Waals surface area contributed by atoms with Crippen LogP contribution in [0.3, 0.4) is 0 Å². The number of aromatic nitrogens is 2. The molecule has 1 saturated carbocycles. The number of fused-ring (bicyclic) bond motifs is 1. The zero-order chi connectivity index (χ0) is 24.7. The van der Waals surface area contributed by atoms with Crippen LogP contribution in [0.25, 0.3) is 20.9 Å². The molecule has 2 aromatic carbocycles. The first-order chi connectivity index (χ1) is 17.6. The van der Waals surface area contributed by atoms with Crippen molar-refractivity contribution in [3.8, 4) is 10.6 Å². The molecule has 1 saturated heterocycles. The van der Waals surface area contributed by atoms with E-state index in [-0.39, 0.29) is 23.1 Å². The maximum atomic E-state index is 15.2. The van der Waals surface area contributed by atoms with Gasteiger partial charge in [0, 0.05) is 30.6 Å². The van der Waals surface area contributed by atoms with Gasteiger partial charge in [-0.3, -0.25) is 9.69 Å². The van der Waals surface area contributed by atoms with Gasteiger partial charge < -0.3 is 4.74 Å². The van der Waals surface area contributed by atoms with E-state index >= 15 is 4.39 Å². The van der Waals surface area contributed by atoms with E-state index in [0.717, 1.165) is 34.4 Å². The summed E-state index contributed by atoms with van der Waals surface area (Å²) in [5, 5.41) is 0.647. The molecule has 0 atom stereocenters. The predicted molar refractivity (Wildman–Crippen MR) is 139 cm³/mol. The predicted octanol–water partition coefficient (Wildman–Crippen LogP) is 5.96. The zero-order valence-electron chi connectivity index (χ0n) is 20.2. The first kappa shape index (κ1) is 23.3. The number of halogens is 1. The fourth-order valence-electron chi connectivity index (χ4n) is 5.73. The van der Waals surface area contributed by atoms with Crippen molar-refractivity contribution in [2.75, 3.05) is 20.2 Å². The van der Waals surface area contributed by atoms with Gasteiger partial charge in [0.2, 0.25) is 0 Å². The van der Waals surface area contributed by atoms with E-state index < -0.39 is 0 Å². The summed E-state index contributed by atoms with van der Waals surface area (Å²) in [6, 6.07) is 20.2. The second kappa shape index (κ2) is 9.37. The molecule has 0 radical (unpaired) electrons. The lowest BCUT2D eigenvalue weighted by Crippen LogP contribution is -2.49. The van der Waals surface area contributed by atoms with E-state index in [1.54, 1.807) is 6.07 Å². The number of carbonyl (C=O) groups is 1. The molecule has 2 aromatic heterocycles. The van der Waals surface area contributed by atoms with Crippen LogP contribution in [0.1, 0.15) is 42.5 Å². The minimum atomic E-state index is -0.284. The molecule has 6 rings (SSSR count). The Morgan fingerprint density at radius 3 is 2.58 bits per heavy atom. The summed E-state index contributed by atoms with van der Waals surface area (Å²) in [6.07, 6.45) is 4.57. The van der Waals surface area contributed by atoms with E-state index in [0.29, 0.717) is 30.2 Å². The number of likely N-dealkylation sites (tertiary alicyclic amines) is 1. The second-order valence-corrected chi connectivity index (χ2v) is 10.9. The van der Waals surface area contributed by atoms with E-state index in [4.69, 9.17) is 14.7 Å². The van der Waals surface area contributed by atoms with Crippen molar-refractivity contribution in [1.29, 1.82) is 0 Å². The number of carbonyl (C=O) groups excluding carboxylic acids is 1. The Labute approximate surface area is 214 Å². The molecule has 0 amide bonds. The fraction of sp³-hybridized carbons (Fsp3) is 0.345. The number of esters is 1. The molecule has 0 bridgehead atoms. The standard InChI is InChI=1S/C29H28FN3O2S/c1-35-28(34)20-17-33(18-20)16-19-9-10-22(23(30)15-19)26-31-24-11-12-25(32-27(24)36-26)29(13-5-6-14-29)21-7-3-2-4-8-21/h2-4,7-12,15,20H,5-6,13-14,16-18H2,1H3. The maximum Gasteiger partial charge on any atom is 0.311 e. The molecular formula is C29H28FN3O2S. The van der Waals surface area contributed by atoms with Gasteiger partial charge in [0.1, 0.15) is 21.2 Å². The van der Waals surface area contributed by atoms with Gasteiger partial charge in [-0.15, -0.1) is 0 Å². The molecule has 0 N–H and O–H groups in total. The highest BCUT2D eigenvalue weighted by atomic mass is 32.1. The molecule has 1 aliphatic heterocycles. The van der Waals surface area contributed by atoms with Gasteiger partial charge in [0.25, 0.3) is 0 Å². The maximum absolute atomic E-state index is 15.2. The van der Waals surface area contributed by atoms with Crippen molar-refractivity contribution in [3.63, 3.8) is 0 Å². The minimum Gasteiger partial charge on any atom is -0.469 e. The second-order valence-electron chi connectivity index (χ2n) is 9.92. The van der Waals surface area contributed by atoms with E-state index in [1.807, 2.05) is 18.2 Å². The van der Waals surface area contributed by atoms with E-state index in [2.05, 4.69) is 41.3 Å². The Balaban J connectivity index is 1.25. The monoisotopic (exact) mass is 501 g/mol. The number of rotatable bonds is 6. The van der Waals surface area contributed by atoms with Crippen molar-refractivity contribution < 1.29 is 13.9 Å². The molecule has 184 valence electrons. The summed E-state index contributed by atoms with van der Waals surface area (Å²) in [4.78, 5) is 24.3. The van der Waals surface area contributed by atoms with Crippen LogP contribution in [0, 0.1) is 11.7 Å². The molecule has 3 heterocycles. The zero-order valence-corrected chi connectivity index (χ0v) is 21.1. The molecule has 7 heteroatoms. The number of methoxy groups -OCH3 is 1. The Hall–Kier alpha value is -3.16. The highest BCUT2D eigenvalue weighted by Gasteiger charge is 2.39. The molecule has 4 aromatic rings. The van der Waals surface area contributed by atoms with Crippen LogP contribution in [-0.4, -0.2) is 41.0 Å². The van der Waals surface area contributed by atoms with Crippen LogP contribution >= 0.6 is 11.3 Å². The van der Waals surface area contributed by atoms with Crippen molar-refractivity contribution in [2.45, 2.75) is 37.6 Å². The summed E-state index contributed by atoms with van der Waals surface area (Å²) < 4.78 is 19.9. The van der Waals surface area contributed by atoms with Gasteiger partial charge in [0.05, 0.1) is 18.7 Å². The normalized spacial score (nSPS) is 17.8. The number of benzene rings is 2. The Bertz CT molecular complexity index is 1410. The van der Waals surface area contributed by atoms with Gasteiger partial charge >= 0.3 is 5.97 Å². The summed E-state index contributed by atoms with van der Waals surface area (Å²) >= 11 is 1.45. The number of thiazole rings is 1. The molecule has 0 unspecified atom stereocenters. The Morgan fingerprint density at radius 1 is 1.08 bits per heavy atom. The molecule has 36 heavy (non-hydrogen) atoms. The molecule has 1 aliphatic carbocycles. The number of hydrogen-bond acceptors (Lipinski definition) is 6. The van der Waals surface area contributed by atoms with Crippen LogP contribution in [0.5, 0.6) is 0 Å². The molecular weight excluding hydrogens is 473 g/mol. The smallest absolute Gasteiger partial charge is 0.311 e. The van der Waals surface area contributed by atoms with Crippen molar-refractivity contribution in [2.24, 2.45) is 5.92 Å². The number of ether oxygens (including phenoxy) is 1. The highest BCUT2D eigenvalue weighted by molar-refractivity contribution is 7.21. The lowest BCUT2D eigenvalue weighted by atomic mass is 9.76. The number of nitrogens with zero attached hydrogens (tertiary/aromatic N) is 3. The minimum absolute atomic E-state index is 0.0593. The summed E-state index contributed by atoms with van der Waals surface area (Å²) in [5.41, 5.74) is 4.53. The van der Waals surface area contributed by atoms with Crippen molar-refractivity contribution in [1.82, 2.24) is 14.9 Å². The Kier molecular flexibility index (Phi) is 6.05. The van der Waals surface area contributed by atoms with Gasteiger partial charge in [-0.2, -0.15) is 0 Å². The number of hydrogen-bond donors (Lipinski definition) is 0. The average molecular weight is 502 g/mol. The first-order valence-electron chi connectivity index (χ1n) is 12.5. The van der Waals surface area contributed by atoms with Gasteiger partial charge in [0.15, 0.2) is 0 Å². The van der Waals surface area contributed by atoms with Crippen LogP contribution < -0.4 is 0 Å². The molecule has 5 nitrogen and oxygen atoms in total. The third-order valence-corrected chi connectivity index (χ3v) is 8.69. The summed E-state index contributed by atoms with van der Waals surface area (Å²) in [6.45, 7) is 1.90. The molecule has 0 spiro atoms. The van der Waals surface area contributed by atoms with Crippen molar-refractivity contribution >= 4 is 27.7 Å². The SMILES string of the molecule is COC(=O)C1CN(Cc2ccc(-c3nc4ccc(C5(c6ccccc6)CCCC5)nc4s3)c(F)c2)C1. The number of pyridine rings is 1. The van der Waals surface area contributed by atoms with Crippen molar-refractivity contribution in [3.05, 3.63) is 83.3 Å². The summed E-state index contributed by atoms with van der Waals surface area (Å²) in [7, 11) is 1.41. The van der Waals surface area contributed by atoms with Crippen LogP contribution in [0.4, 0.5) is 4.39 Å². The lowest BCUT2D eigenvalue weighted by molar-refractivity contribution is -0.151. The van der Waals surface area contributed by atoms with Crippen LogP contribution in [0.2, 0.25) is 0 Å². The van der Waals surface area contributed by atoms with Gasteiger partial charge in [-0.25, -0.2) is 14.4 Å². The van der Waals surface area contributed by atoms with E-state index in [9.17, 15) is 4.79 Å². The Morgan fingerprint density at radius 2 is 1.86 bits per heavy atom. The van der Waals surface area contributed by atoms with Gasteiger partial charge in [-0.1, -0.05) is 60.6 Å². The fourth-order valence-corrected chi connectivity index (χ4v) is 6.70. The quantitative estimate of drug-likeness (QED) is 0.305. The first-order valence-corrected chi connectivity index (χ1v) is 13.3. The lowest BCUT2D eigenvalue weighted by Gasteiger charge is -2.37. The molecule has 2 aliphatic rings. The van der Waals surface area contributed by atoms with Gasteiger partial charge in [-0.05, 0) is 48.2 Å². The average Bonchev–Trinajstić information content (AvgIpc) is 3.54. The third-order valence-electron chi connectivity index (χ3n) is 7.69. The largest absolute Gasteiger partial charge is 0.469 e. The topological polar surface area (TPSA) is 55.3 Å². The summed E-state index contributed by atoms with van der Waals surface area (Å²) in [5.74, 6) is -0.541.